The van der Waals surface area contributed by atoms with Crippen molar-refractivity contribution < 1.29 is 4.79 Å². The SMILES string of the molecule is CC1(C)CCCC1NC(=O)CBr. The quantitative estimate of drug-likeness (QED) is 0.728. The standard InChI is InChI=1S/C9H16BrNO/c1-9(2)5-3-4-7(9)11-8(12)6-10/h7H,3-6H2,1-2H3,(H,11,12). The van der Waals surface area contributed by atoms with Crippen molar-refractivity contribution in [3.63, 3.8) is 0 Å². The maximum absolute atomic E-state index is 11.1. The minimum Gasteiger partial charge on any atom is -0.352 e. The Morgan fingerprint density at radius 1 is 1.67 bits per heavy atom. The van der Waals surface area contributed by atoms with Crippen LogP contribution in [-0.2, 0) is 4.79 Å². The number of alkyl halides is 1. The Hall–Kier alpha value is -0.0500. The van der Waals surface area contributed by atoms with Gasteiger partial charge in [0.25, 0.3) is 0 Å². The van der Waals surface area contributed by atoms with Gasteiger partial charge in [0, 0.05) is 6.04 Å². The van der Waals surface area contributed by atoms with E-state index in [4.69, 9.17) is 0 Å². The van der Waals surface area contributed by atoms with E-state index in [1.54, 1.807) is 0 Å². The molecule has 0 bridgehead atoms. The first-order valence-corrected chi connectivity index (χ1v) is 5.54. The Bertz CT molecular complexity index is 179. The highest BCUT2D eigenvalue weighted by Crippen LogP contribution is 2.37. The van der Waals surface area contributed by atoms with Crippen molar-refractivity contribution in [1.29, 1.82) is 0 Å². The molecule has 1 unspecified atom stereocenters. The summed E-state index contributed by atoms with van der Waals surface area (Å²) >= 11 is 3.15. The molecule has 2 nitrogen and oxygen atoms in total. The summed E-state index contributed by atoms with van der Waals surface area (Å²) < 4.78 is 0. The van der Waals surface area contributed by atoms with Crippen molar-refractivity contribution in [2.75, 3.05) is 5.33 Å². The fourth-order valence-electron chi connectivity index (χ4n) is 1.83. The average Bonchev–Trinajstić information content (AvgIpc) is 2.31. The number of amides is 1. The summed E-state index contributed by atoms with van der Waals surface area (Å²) in [5.74, 6) is 0.106. The summed E-state index contributed by atoms with van der Waals surface area (Å²) in [6.07, 6.45) is 3.59. The molecule has 70 valence electrons. The number of hydrogen-bond donors (Lipinski definition) is 1. The molecule has 1 saturated carbocycles. The Morgan fingerprint density at radius 3 is 2.75 bits per heavy atom. The molecule has 0 spiro atoms. The van der Waals surface area contributed by atoms with Gasteiger partial charge in [-0.15, -0.1) is 0 Å². The Labute approximate surface area is 82.2 Å². The van der Waals surface area contributed by atoms with Crippen LogP contribution in [0.15, 0.2) is 0 Å². The van der Waals surface area contributed by atoms with E-state index in [0.29, 0.717) is 11.4 Å². The second-order valence-corrected chi connectivity index (χ2v) is 4.70. The average molecular weight is 234 g/mol. The molecule has 0 aromatic carbocycles. The third-order valence-corrected chi connectivity index (χ3v) is 3.22. The van der Waals surface area contributed by atoms with Crippen LogP contribution in [0.4, 0.5) is 0 Å². The van der Waals surface area contributed by atoms with Crippen LogP contribution < -0.4 is 5.32 Å². The van der Waals surface area contributed by atoms with Crippen molar-refractivity contribution in [3.05, 3.63) is 0 Å². The third-order valence-electron chi connectivity index (χ3n) is 2.71. The molecule has 0 radical (unpaired) electrons. The number of nitrogens with one attached hydrogen (secondary N) is 1. The van der Waals surface area contributed by atoms with Crippen LogP contribution in [-0.4, -0.2) is 17.3 Å². The molecule has 3 heteroatoms. The summed E-state index contributed by atoms with van der Waals surface area (Å²) in [5.41, 5.74) is 0.290. The van der Waals surface area contributed by atoms with Crippen molar-refractivity contribution in [2.24, 2.45) is 5.41 Å². The van der Waals surface area contributed by atoms with Crippen LogP contribution in [0.3, 0.4) is 0 Å². The zero-order chi connectivity index (χ0) is 9.19. The molecule has 12 heavy (non-hydrogen) atoms. The lowest BCUT2D eigenvalue weighted by atomic mass is 9.87. The van der Waals surface area contributed by atoms with Crippen molar-refractivity contribution >= 4 is 21.8 Å². The lowest BCUT2D eigenvalue weighted by Crippen LogP contribution is -2.41. The van der Waals surface area contributed by atoms with Crippen molar-refractivity contribution in [2.45, 2.75) is 39.2 Å². The van der Waals surface area contributed by atoms with Gasteiger partial charge < -0.3 is 5.32 Å². The predicted molar refractivity (Wildman–Crippen MR) is 53.4 cm³/mol. The fourth-order valence-corrected chi connectivity index (χ4v) is 1.99. The number of carbonyl (C=O) groups is 1. The summed E-state index contributed by atoms with van der Waals surface area (Å²) in [6, 6.07) is 0.377. The van der Waals surface area contributed by atoms with Crippen molar-refractivity contribution in [3.8, 4) is 0 Å². The summed E-state index contributed by atoms with van der Waals surface area (Å²) in [6.45, 7) is 4.44. The molecule has 1 aliphatic carbocycles. The van der Waals surface area contributed by atoms with Gasteiger partial charge >= 0.3 is 0 Å². The minimum absolute atomic E-state index is 0.106. The molecule has 1 aliphatic rings. The Balaban J connectivity index is 2.47. The van der Waals surface area contributed by atoms with Gasteiger partial charge in [-0.1, -0.05) is 36.2 Å². The topological polar surface area (TPSA) is 29.1 Å². The molecular formula is C9H16BrNO. The normalized spacial score (nSPS) is 27.1. The Kier molecular flexibility index (Phi) is 3.16. The van der Waals surface area contributed by atoms with E-state index in [9.17, 15) is 4.79 Å². The lowest BCUT2D eigenvalue weighted by Gasteiger charge is -2.27. The van der Waals surface area contributed by atoms with E-state index in [0.717, 1.165) is 6.42 Å². The van der Waals surface area contributed by atoms with Crippen LogP contribution in [0.2, 0.25) is 0 Å². The van der Waals surface area contributed by atoms with E-state index in [1.807, 2.05) is 0 Å². The first kappa shape index (κ1) is 10.0. The summed E-state index contributed by atoms with van der Waals surface area (Å²) in [5, 5.41) is 3.45. The molecule has 1 amide bonds. The van der Waals surface area contributed by atoms with Gasteiger partial charge in [0.05, 0.1) is 5.33 Å². The van der Waals surface area contributed by atoms with E-state index < -0.39 is 0 Å². The van der Waals surface area contributed by atoms with E-state index in [-0.39, 0.29) is 11.3 Å². The molecule has 1 N–H and O–H groups in total. The first-order chi connectivity index (χ1) is 5.56. The molecule has 1 fully saturated rings. The van der Waals surface area contributed by atoms with E-state index in [1.165, 1.54) is 12.8 Å². The first-order valence-electron chi connectivity index (χ1n) is 4.41. The van der Waals surface area contributed by atoms with Crippen LogP contribution in [0.5, 0.6) is 0 Å². The third kappa shape index (κ3) is 2.22. The second-order valence-electron chi connectivity index (χ2n) is 4.13. The minimum atomic E-state index is 0.106. The molecule has 1 atom stereocenters. The predicted octanol–water partition coefficient (Wildman–Crippen LogP) is 2.08. The number of carbonyl (C=O) groups excluding carboxylic acids is 1. The molecular weight excluding hydrogens is 218 g/mol. The van der Waals surface area contributed by atoms with Crippen LogP contribution >= 0.6 is 15.9 Å². The molecule has 1 rings (SSSR count). The van der Waals surface area contributed by atoms with E-state index in [2.05, 4.69) is 35.1 Å². The number of rotatable bonds is 2. The Morgan fingerprint density at radius 2 is 2.33 bits per heavy atom. The zero-order valence-corrected chi connectivity index (χ0v) is 9.28. The number of halogens is 1. The van der Waals surface area contributed by atoms with Gasteiger partial charge in [-0.25, -0.2) is 0 Å². The van der Waals surface area contributed by atoms with Gasteiger partial charge in [-0.2, -0.15) is 0 Å². The largest absolute Gasteiger partial charge is 0.352 e. The van der Waals surface area contributed by atoms with Crippen LogP contribution in [0.25, 0.3) is 0 Å². The smallest absolute Gasteiger partial charge is 0.230 e. The number of hydrogen-bond acceptors (Lipinski definition) is 1. The monoisotopic (exact) mass is 233 g/mol. The maximum atomic E-state index is 11.1. The van der Waals surface area contributed by atoms with E-state index >= 15 is 0 Å². The van der Waals surface area contributed by atoms with Crippen LogP contribution in [0.1, 0.15) is 33.1 Å². The highest BCUT2D eigenvalue weighted by molar-refractivity contribution is 9.09. The molecule has 0 aromatic rings. The van der Waals surface area contributed by atoms with Crippen molar-refractivity contribution in [1.82, 2.24) is 5.32 Å². The maximum Gasteiger partial charge on any atom is 0.230 e. The zero-order valence-electron chi connectivity index (χ0n) is 7.69. The van der Waals surface area contributed by atoms with Gasteiger partial charge in [0.15, 0.2) is 0 Å². The summed E-state index contributed by atoms with van der Waals surface area (Å²) in [7, 11) is 0. The second kappa shape index (κ2) is 3.77. The van der Waals surface area contributed by atoms with Crippen LogP contribution in [0, 0.1) is 5.41 Å². The lowest BCUT2D eigenvalue weighted by molar-refractivity contribution is -0.119. The van der Waals surface area contributed by atoms with Gasteiger partial charge in [-0.05, 0) is 18.3 Å². The van der Waals surface area contributed by atoms with Gasteiger partial charge in [-0.3, -0.25) is 4.79 Å². The highest BCUT2D eigenvalue weighted by Gasteiger charge is 2.34. The molecule has 0 aromatic heterocycles. The van der Waals surface area contributed by atoms with Gasteiger partial charge in [0.1, 0.15) is 0 Å². The molecule has 0 saturated heterocycles. The molecule has 0 heterocycles. The summed E-state index contributed by atoms with van der Waals surface area (Å²) in [4.78, 5) is 11.1. The fraction of sp³-hybridized carbons (Fsp3) is 0.889. The highest BCUT2D eigenvalue weighted by atomic mass is 79.9. The van der Waals surface area contributed by atoms with Gasteiger partial charge in [0.2, 0.25) is 5.91 Å². The molecule has 0 aliphatic heterocycles.